The number of rotatable bonds is 1. The molecule has 3 aromatic rings. The van der Waals surface area contributed by atoms with E-state index in [1.807, 2.05) is 18.2 Å². The van der Waals surface area contributed by atoms with Crippen LogP contribution < -0.4 is 5.73 Å². The molecule has 0 saturated carbocycles. The number of aromatic nitrogens is 2. The van der Waals surface area contributed by atoms with E-state index in [1.54, 1.807) is 0 Å². The second-order valence-electron chi connectivity index (χ2n) is 3.51. The molecule has 0 atom stereocenters. The molecule has 1 aromatic carbocycles. The number of nitrogens with zero attached hydrogens (tertiary/aromatic N) is 2. The van der Waals surface area contributed by atoms with Crippen molar-refractivity contribution in [3.63, 3.8) is 0 Å². The van der Waals surface area contributed by atoms with Crippen LogP contribution in [-0.2, 0) is 0 Å². The zero-order valence-corrected chi connectivity index (χ0v) is 10.9. The molecule has 2 N–H and O–H groups in total. The van der Waals surface area contributed by atoms with Crippen LogP contribution in [0.15, 0.2) is 22.7 Å². The first kappa shape index (κ1) is 10.6. The highest BCUT2D eigenvalue weighted by Gasteiger charge is 2.11. The van der Waals surface area contributed by atoms with Gasteiger partial charge in [-0.15, -0.1) is 11.3 Å². The Morgan fingerprint density at radius 3 is 2.94 bits per heavy atom. The van der Waals surface area contributed by atoms with E-state index in [-0.39, 0.29) is 0 Å². The molecule has 0 amide bonds. The van der Waals surface area contributed by atoms with Crippen molar-refractivity contribution in [1.82, 2.24) is 9.97 Å². The molecule has 84 valence electrons. The standard InChI is InChI=1S/C11H6BrN3OS/c12-5-1-2-6-7(3-5)14-11(13)9-10(6)17-8(4-16)15-9/h1-4H,(H2,13,14). The highest BCUT2D eigenvalue weighted by Crippen LogP contribution is 2.32. The maximum Gasteiger partial charge on any atom is 0.178 e. The molecule has 2 aromatic heterocycles. The third-order valence-corrected chi connectivity index (χ3v) is 3.94. The molecule has 0 unspecified atom stereocenters. The third kappa shape index (κ3) is 1.60. The minimum absolute atomic E-state index is 0.356. The molecule has 0 aliphatic heterocycles. The topological polar surface area (TPSA) is 68.9 Å². The highest BCUT2D eigenvalue weighted by molar-refractivity contribution is 9.10. The number of thiazole rings is 1. The Bertz CT molecular complexity index is 753. The van der Waals surface area contributed by atoms with Gasteiger partial charge in [0.15, 0.2) is 17.1 Å². The molecule has 0 bridgehead atoms. The minimum atomic E-state index is 0.356. The maximum absolute atomic E-state index is 10.8. The van der Waals surface area contributed by atoms with Crippen LogP contribution in [-0.4, -0.2) is 16.3 Å². The van der Waals surface area contributed by atoms with Crippen molar-refractivity contribution in [3.8, 4) is 0 Å². The van der Waals surface area contributed by atoms with Gasteiger partial charge in [-0.2, -0.15) is 0 Å². The van der Waals surface area contributed by atoms with Gasteiger partial charge in [0.05, 0.1) is 10.2 Å². The molecule has 0 radical (unpaired) electrons. The highest BCUT2D eigenvalue weighted by atomic mass is 79.9. The minimum Gasteiger partial charge on any atom is -0.382 e. The van der Waals surface area contributed by atoms with Crippen molar-refractivity contribution in [3.05, 3.63) is 27.7 Å². The largest absolute Gasteiger partial charge is 0.382 e. The molecule has 6 heteroatoms. The van der Waals surface area contributed by atoms with Gasteiger partial charge in [0.25, 0.3) is 0 Å². The van der Waals surface area contributed by atoms with Crippen molar-refractivity contribution >= 4 is 60.5 Å². The lowest BCUT2D eigenvalue weighted by atomic mass is 10.2. The summed E-state index contributed by atoms with van der Waals surface area (Å²) in [4.78, 5) is 19.2. The van der Waals surface area contributed by atoms with Gasteiger partial charge in [0, 0.05) is 9.86 Å². The first-order chi connectivity index (χ1) is 8.19. The second-order valence-corrected chi connectivity index (χ2v) is 5.45. The Balaban J connectivity index is 2.53. The summed E-state index contributed by atoms with van der Waals surface area (Å²) in [6.07, 6.45) is 0.731. The first-order valence-electron chi connectivity index (χ1n) is 4.79. The summed E-state index contributed by atoms with van der Waals surface area (Å²) in [5.41, 5.74) is 7.24. The number of carbonyl (C=O) groups excluding carboxylic acids is 1. The Labute approximate surface area is 109 Å². The van der Waals surface area contributed by atoms with Gasteiger partial charge in [-0.1, -0.05) is 22.0 Å². The van der Waals surface area contributed by atoms with Gasteiger partial charge in [0.1, 0.15) is 5.52 Å². The van der Waals surface area contributed by atoms with Crippen molar-refractivity contribution in [2.45, 2.75) is 0 Å². The molecule has 0 fully saturated rings. The zero-order chi connectivity index (χ0) is 12.0. The number of aldehydes is 1. The molecule has 0 saturated heterocycles. The Hall–Kier alpha value is -1.53. The molecule has 3 rings (SSSR count). The van der Waals surface area contributed by atoms with Crippen LogP contribution in [0.25, 0.3) is 21.1 Å². The van der Waals surface area contributed by atoms with Gasteiger partial charge in [-0.25, -0.2) is 9.97 Å². The Morgan fingerprint density at radius 1 is 1.35 bits per heavy atom. The molecule has 0 spiro atoms. The zero-order valence-electron chi connectivity index (χ0n) is 8.48. The molecule has 0 aliphatic rings. The van der Waals surface area contributed by atoms with Crippen molar-refractivity contribution < 1.29 is 4.79 Å². The van der Waals surface area contributed by atoms with Gasteiger partial charge in [-0.3, -0.25) is 4.79 Å². The number of nitrogens with two attached hydrogens (primary N) is 1. The van der Waals surface area contributed by atoms with Gasteiger partial charge >= 0.3 is 0 Å². The molecular formula is C11H6BrN3OS. The lowest BCUT2D eigenvalue weighted by Crippen LogP contribution is -1.92. The van der Waals surface area contributed by atoms with E-state index in [0.717, 1.165) is 26.4 Å². The monoisotopic (exact) mass is 307 g/mol. The maximum atomic E-state index is 10.8. The van der Waals surface area contributed by atoms with Gasteiger partial charge < -0.3 is 5.73 Å². The second kappa shape index (κ2) is 3.75. The fourth-order valence-electron chi connectivity index (χ4n) is 1.72. The number of fused-ring (bicyclic) bond motifs is 3. The summed E-state index contributed by atoms with van der Waals surface area (Å²) in [7, 11) is 0. The van der Waals surface area contributed by atoms with Crippen molar-refractivity contribution in [2.24, 2.45) is 0 Å². The first-order valence-corrected chi connectivity index (χ1v) is 6.40. The van der Waals surface area contributed by atoms with Crippen LogP contribution in [0.2, 0.25) is 0 Å². The van der Waals surface area contributed by atoms with Crippen molar-refractivity contribution in [2.75, 3.05) is 5.73 Å². The number of hydrogen-bond acceptors (Lipinski definition) is 5. The number of nitrogen functional groups attached to an aromatic ring is 1. The molecule has 2 heterocycles. The fourth-order valence-corrected chi connectivity index (χ4v) is 2.99. The van der Waals surface area contributed by atoms with Crippen LogP contribution in [0.3, 0.4) is 0 Å². The smallest absolute Gasteiger partial charge is 0.178 e. The molecule has 4 nitrogen and oxygen atoms in total. The van der Waals surface area contributed by atoms with E-state index in [4.69, 9.17) is 5.73 Å². The average molecular weight is 308 g/mol. The van der Waals surface area contributed by atoms with Gasteiger partial charge in [0.2, 0.25) is 0 Å². The van der Waals surface area contributed by atoms with Crippen LogP contribution in [0.1, 0.15) is 9.80 Å². The average Bonchev–Trinajstić information content (AvgIpc) is 2.73. The molecule has 17 heavy (non-hydrogen) atoms. The summed E-state index contributed by atoms with van der Waals surface area (Å²) in [6.45, 7) is 0. The van der Waals surface area contributed by atoms with Crippen LogP contribution in [0, 0.1) is 0 Å². The Kier molecular flexibility index (Phi) is 2.34. The van der Waals surface area contributed by atoms with Crippen LogP contribution in [0.4, 0.5) is 5.82 Å². The van der Waals surface area contributed by atoms with E-state index in [9.17, 15) is 4.79 Å². The van der Waals surface area contributed by atoms with Gasteiger partial charge in [-0.05, 0) is 12.1 Å². The number of pyridine rings is 1. The lowest BCUT2D eigenvalue weighted by Gasteiger charge is -2.01. The normalized spacial score (nSPS) is 11.1. The predicted molar refractivity (Wildman–Crippen MR) is 72.4 cm³/mol. The van der Waals surface area contributed by atoms with E-state index < -0.39 is 0 Å². The van der Waals surface area contributed by atoms with E-state index in [1.165, 1.54) is 11.3 Å². The fraction of sp³-hybridized carbons (Fsp3) is 0. The van der Waals surface area contributed by atoms with E-state index in [0.29, 0.717) is 16.3 Å². The summed E-state index contributed by atoms with van der Waals surface area (Å²) in [5, 5.41) is 1.38. The lowest BCUT2D eigenvalue weighted by molar-refractivity contribution is 0.112. The summed E-state index contributed by atoms with van der Waals surface area (Å²) < 4.78 is 1.85. The van der Waals surface area contributed by atoms with E-state index >= 15 is 0 Å². The van der Waals surface area contributed by atoms with E-state index in [2.05, 4.69) is 25.9 Å². The quantitative estimate of drug-likeness (QED) is 0.702. The van der Waals surface area contributed by atoms with Crippen LogP contribution >= 0.6 is 27.3 Å². The molecular weight excluding hydrogens is 302 g/mol. The summed E-state index contributed by atoms with van der Waals surface area (Å²) >= 11 is 4.72. The number of carbonyl (C=O) groups is 1. The SMILES string of the molecule is Nc1nc2cc(Br)ccc2c2sc(C=O)nc12. The Morgan fingerprint density at radius 2 is 2.18 bits per heavy atom. The number of anilines is 1. The van der Waals surface area contributed by atoms with Crippen molar-refractivity contribution in [1.29, 1.82) is 0 Å². The number of halogens is 1. The molecule has 0 aliphatic carbocycles. The predicted octanol–water partition coefficient (Wildman–Crippen LogP) is 3.00. The number of benzene rings is 1. The summed E-state index contributed by atoms with van der Waals surface area (Å²) in [5.74, 6) is 0.356. The van der Waals surface area contributed by atoms with Crippen LogP contribution in [0.5, 0.6) is 0 Å². The third-order valence-electron chi connectivity index (χ3n) is 2.43. The summed E-state index contributed by atoms with van der Waals surface area (Å²) in [6, 6.07) is 5.77. The number of hydrogen-bond donors (Lipinski definition) is 1.